The number of hydrogen-bond donors (Lipinski definition) is 1. The molecule has 3 aromatic carbocycles. The van der Waals surface area contributed by atoms with E-state index in [1.807, 2.05) is 0 Å². The Kier molecular flexibility index (Phi) is 8.99. The number of nitrogens with zero attached hydrogens (tertiary/aromatic N) is 1. The molecule has 1 saturated heterocycles. The Bertz CT molecular complexity index is 1450. The molecule has 196 valence electrons. The lowest BCUT2D eigenvalue weighted by molar-refractivity contribution is -0.123. The van der Waals surface area contributed by atoms with E-state index in [4.69, 9.17) is 32.7 Å². The van der Waals surface area contributed by atoms with Crippen molar-refractivity contribution in [2.24, 2.45) is 0 Å². The summed E-state index contributed by atoms with van der Waals surface area (Å²) in [4.78, 5) is 38.7. The zero-order valence-corrected chi connectivity index (χ0v) is 23.5. The molecule has 3 aromatic rings. The molecule has 4 rings (SSSR count). The fourth-order valence-corrected chi connectivity index (χ4v) is 4.92. The van der Waals surface area contributed by atoms with Crippen molar-refractivity contribution in [1.29, 1.82) is 0 Å². The zero-order chi connectivity index (χ0) is 27.4. The Morgan fingerprint density at radius 2 is 1.89 bits per heavy atom. The van der Waals surface area contributed by atoms with Gasteiger partial charge in [0, 0.05) is 20.7 Å². The number of hydrogen-bond acceptors (Lipinski definition) is 6. The monoisotopic (exact) mass is 638 g/mol. The molecule has 0 radical (unpaired) electrons. The van der Waals surface area contributed by atoms with Crippen LogP contribution in [0.2, 0.25) is 10.0 Å². The minimum atomic E-state index is -0.602. The molecule has 7 nitrogen and oxygen atoms in total. The van der Waals surface area contributed by atoms with Crippen LogP contribution >= 0.6 is 50.9 Å². The van der Waals surface area contributed by atoms with Gasteiger partial charge in [0.15, 0.2) is 18.1 Å². The Morgan fingerprint density at radius 3 is 2.61 bits per heavy atom. The molecule has 1 aliphatic rings. The van der Waals surface area contributed by atoms with E-state index in [1.165, 1.54) is 31.4 Å². The Morgan fingerprint density at radius 1 is 1.11 bits per heavy atom. The van der Waals surface area contributed by atoms with Crippen molar-refractivity contribution >= 4 is 79.7 Å². The standard InChI is InChI=1S/C26H18BrCl2FN2O5S/c1-36-22-9-14(5-8-21(22)37-13-24(33)31-15-6-7-17(27)19(29)11-15)10-23-25(34)32(26(35)38-23)12-16-18(28)3-2-4-20(16)30/h2-11H,12-13H2,1H3,(H,31,33)/b23-10+. The molecular formula is C26H18BrCl2FN2O5S. The van der Waals surface area contributed by atoms with E-state index in [2.05, 4.69) is 21.2 Å². The number of carbonyl (C=O) groups excluding carboxylic acids is 3. The van der Waals surface area contributed by atoms with Crippen LogP contribution in [0.4, 0.5) is 14.9 Å². The summed E-state index contributed by atoms with van der Waals surface area (Å²) in [6.07, 6.45) is 1.52. The number of ether oxygens (including phenoxy) is 2. The highest BCUT2D eigenvalue weighted by Gasteiger charge is 2.36. The molecule has 0 spiro atoms. The second-order valence-electron chi connectivity index (χ2n) is 7.84. The summed E-state index contributed by atoms with van der Waals surface area (Å²) < 4.78 is 25.8. The summed E-state index contributed by atoms with van der Waals surface area (Å²) in [5.74, 6) is -0.955. The van der Waals surface area contributed by atoms with Crippen LogP contribution in [-0.2, 0) is 16.1 Å². The first kappa shape index (κ1) is 28.0. The van der Waals surface area contributed by atoms with E-state index in [0.29, 0.717) is 32.2 Å². The van der Waals surface area contributed by atoms with Gasteiger partial charge in [-0.15, -0.1) is 0 Å². The topological polar surface area (TPSA) is 84.9 Å². The number of imide groups is 1. The van der Waals surface area contributed by atoms with Gasteiger partial charge >= 0.3 is 0 Å². The lowest BCUT2D eigenvalue weighted by atomic mass is 10.1. The molecule has 0 aliphatic carbocycles. The van der Waals surface area contributed by atoms with E-state index < -0.39 is 22.9 Å². The van der Waals surface area contributed by atoms with Gasteiger partial charge in [-0.1, -0.05) is 35.3 Å². The molecule has 1 fully saturated rings. The average Bonchev–Trinajstić information content (AvgIpc) is 3.14. The van der Waals surface area contributed by atoms with Crippen LogP contribution in [0.15, 0.2) is 64.0 Å². The summed E-state index contributed by atoms with van der Waals surface area (Å²) in [5, 5.41) is 2.73. The molecule has 0 bridgehead atoms. The summed E-state index contributed by atoms with van der Waals surface area (Å²) in [5.41, 5.74) is 1.13. The maximum absolute atomic E-state index is 14.2. The average molecular weight is 640 g/mol. The van der Waals surface area contributed by atoms with Crippen LogP contribution in [0.3, 0.4) is 0 Å². The predicted molar refractivity (Wildman–Crippen MR) is 149 cm³/mol. The Balaban J connectivity index is 1.43. The van der Waals surface area contributed by atoms with Crippen molar-refractivity contribution in [3.05, 3.63) is 91.0 Å². The molecular weight excluding hydrogens is 622 g/mol. The van der Waals surface area contributed by atoms with Crippen LogP contribution in [0.1, 0.15) is 11.1 Å². The number of anilines is 1. The lowest BCUT2D eigenvalue weighted by Gasteiger charge is -2.14. The lowest BCUT2D eigenvalue weighted by Crippen LogP contribution is -2.28. The predicted octanol–water partition coefficient (Wildman–Crippen LogP) is 7.16. The van der Waals surface area contributed by atoms with Gasteiger partial charge in [0.2, 0.25) is 0 Å². The largest absolute Gasteiger partial charge is 0.493 e. The Labute approximate surface area is 240 Å². The molecule has 1 aliphatic heterocycles. The number of carbonyl (C=O) groups is 3. The van der Waals surface area contributed by atoms with Gasteiger partial charge in [-0.25, -0.2) is 4.39 Å². The van der Waals surface area contributed by atoms with E-state index in [9.17, 15) is 18.8 Å². The number of thioether (sulfide) groups is 1. The quantitative estimate of drug-likeness (QED) is 0.263. The van der Waals surface area contributed by atoms with Crippen molar-refractivity contribution in [2.75, 3.05) is 19.0 Å². The summed E-state index contributed by atoms with van der Waals surface area (Å²) in [7, 11) is 1.43. The van der Waals surface area contributed by atoms with Gasteiger partial charge in [-0.3, -0.25) is 19.3 Å². The van der Waals surface area contributed by atoms with E-state index >= 15 is 0 Å². The summed E-state index contributed by atoms with van der Waals surface area (Å²) in [6, 6.07) is 14.0. The first-order chi connectivity index (χ1) is 18.2. The third-order valence-electron chi connectivity index (χ3n) is 5.30. The van der Waals surface area contributed by atoms with Crippen molar-refractivity contribution in [2.45, 2.75) is 6.54 Å². The highest BCUT2D eigenvalue weighted by atomic mass is 79.9. The molecule has 1 heterocycles. The maximum atomic E-state index is 14.2. The smallest absolute Gasteiger partial charge is 0.293 e. The second-order valence-corrected chi connectivity index (χ2v) is 10.5. The minimum Gasteiger partial charge on any atom is -0.493 e. The Hall–Kier alpha value is -3.05. The van der Waals surface area contributed by atoms with Crippen LogP contribution in [0.25, 0.3) is 6.08 Å². The normalized spacial score (nSPS) is 14.2. The van der Waals surface area contributed by atoms with Gasteiger partial charge in [-0.05, 0) is 81.8 Å². The molecule has 0 unspecified atom stereocenters. The highest BCUT2D eigenvalue weighted by Crippen LogP contribution is 2.36. The fraction of sp³-hybridized carbons (Fsp3) is 0.115. The SMILES string of the molecule is COc1cc(/C=C2/SC(=O)N(Cc3c(F)cccc3Cl)C2=O)ccc1OCC(=O)Nc1ccc(Br)c(Cl)c1. The van der Waals surface area contributed by atoms with Gasteiger partial charge in [0.05, 0.1) is 23.6 Å². The number of rotatable bonds is 8. The minimum absolute atomic E-state index is 0.0631. The number of amides is 3. The number of benzene rings is 3. The molecule has 12 heteroatoms. The summed E-state index contributed by atoms with van der Waals surface area (Å²) >= 11 is 16.1. The van der Waals surface area contributed by atoms with Crippen LogP contribution < -0.4 is 14.8 Å². The van der Waals surface area contributed by atoms with Crippen LogP contribution in [0.5, 0.6) is 11.5 Å². The number of methoxy groups -OCH3 is 1. The molecule has 1 N–H and O–H groups in total. The molecule has 38 heavy (non-hydrogen) atoms. The van der Waals surface area contributed by atoms with E-state index in [1.54, 1.807) is 36.4 Å². The first-order valence-corrected chi connectivity index (χ1v) is 13.3. The fourth-order valence-electron chi connectivity index (χ4n) is 3.44. The van der Waals surface area contributed by atoms with Crippen LogP contribution in [-0.4, -0.2) is 35.7 Å². The third kappa shape index (κ3) is 6.50. The highest BCUT2D eigenvalue weighted by molar-refractivity contribution is 9.10. The molecule has 0 saturated carbocycles. The van der Waals surface area contributed by atoms with Crippen LogP contribution in [0, 0.1) is 5.82 Å². The van der Waals surface area contributed by atoms with E-state index in [0.717, 1.165) is 16.7 Å². The molecule has 3 amide bonds. The number of nitrogens with one attached hydrogen (secondary N) is 1. The zero-order valence-electron chi connectivity index (χ0n) is 19.6. The molecule has 0 aromatic heterocycles. The van der Waals surface area contributed by atoms with Crippen molar-refractivity contribution in [1.82, 2.24) is 4.90 Å². The van der Waals surface area contributed by atoms with Gasteiger partial charge in [0.1, 0.15) is 5.82 Å². The van der Waals surface area contributed by atoms with Gasteiger partial charge in [0.25, 0.3) is 17.1 Å². The van der Waals surface area contributed by atoms with Gasteiger partial charge in [-0.2, -0.15) is 0 Å². The number of halogens is 4. The first-order valence-electron chi connectivity index (χ1n) is 10.9. The van der Waals surface area contributed by atoms with Gasteiger partial charge < -0.3 is 14.8 Å². The maximum Gasteiger partial charge on any atom is 0.293 e. The summed E-state index contributed by atoms with van der Waals surface area (Å²) in [6.45, 7) is -0.570. The van der Waals surface area contributed by atoms with Crippen molar-refractivity contribution in [3.8, 4) is 11.5 Å². The van der Waals surface area contributed by atoms with E-state index in [-0.39, 0.29) is 28.6 Å². The van der Waals surface area contributed by atoms with Crippen molar-refractivity contribution in [3.63, 3.8) is 0 Å². The third-order valence-corrected chi connectivity index (χ3v) is 7.79. The second kappa shape index (κ2) is 12.2. The van der Waals surface area contributed by atoms with Crippen molar-refractivity contribution < 1.29 is 28.2 Å². The molecule has 0 atom stereocenters.